The second-order valence-corrected chi connectivity index (χ2v) is 10.2. The van der Waals surface area contributed by atoms with Gasteiger partial charge in [-0.05, 0) is 60.3 Å². The number of oxazole rings is 1. The monoisotopic (exact) mass is 528 g/mol. The second kappa shape index (κ2) is 9.60. The Kier molecular flexibility index (Phi) is 6.57. The molecule has 3 aromatic rings. The molecule has 200 valence electrons. The number of nitrogens with zero attached hydrogens (tertiary/aromatic N) is 4. The van der Waals surface area contributed by atoms with Gasteiger partial charge in [0.2, 0.25) is 5.91 Å². The molecule has 3 heterocycles. The van der Waals surface area contributed by atoms with Crippen LogP contribution >= 0.6 is 0 Å². The van der Waals surface area contributed by atoms with Crippen LogP contribution in [0.2, 0.25) is 0 Å². The van der Waals surface area contributed by atoms with E-state index in [1.54, 1.807) is 18.0 Å². The van der Waals surface area contributed by atoms with Crippen LogP contribution < -0.4 is 5.76 Å². The van der Waals surface area contributed by atoms with Gasteiger partial charge in [0, 0.05) is 40.3 Å². The fourth-order valence-corrected chi connectivity index (χ4v) is 5.72. The van der Waals surface area contributed by atoms with Crippen molar-refractivity contribution < 1.29 is 27.1 Å². The number of alkyl halides is 3. The van der Waals surface area contributed by atoms with Crippen molar-refractivity contribution in [3.8, 4) is 6.07 Å². The van der Waals surface area contributed by atoms with Crippen LogP contribution in [0.4, 0.5) is 13.2 Å². The first-order valence-corrected chi connectivity index (χ1v) is 12.3. The first-order valence-electron chi connectivity index (χ1n) is 12.3. The third-order valence-corrected chi connectivity index (χ3v) is 7.64. The topological polar surface area (TPSA) is 91.7 Å². The summed E-state index contributed by atoms with van der Waals surface area (Å²) in [5, 5.41) is 9.43. The van der Waals surface area contributed by atoms with Crippen molar-refractivity contribution in [1.29, 1.82) is 5.26 Å². The highest BCUT2D eigenvalue weighted by molar-refractivity contribution is 5.84. The zero-order chi connectivity index (χ0) is 27.2. The number of halogens is 3. The average molecular weight is 529 g/mol. The molecule has 0 radical (unpaired) electrons. The van der Waals surface area contributed by atoms with E-state index in [4.69, 9.17) is 9.15 Å². The van der Waals surface area contributed by atoms with Gasteiger partial charge in [0.15, 0.2) is 5.58 Å². The summed E-state index contributed by atoms with van der Waals surface area (Å²) in [6.07, 6.45) is -3.72. The molecule has 1 unspecified atom stereocenters. The molecule has 2 aromatic carbocycles. The molecule has 2 aliphatic rings. The number of ether oxygens (including phenoxy) is 1. The van der Waals surface area contributed by atoms with Gasteiger partial charge in [0.1, 0.15) is 0 Å². The average Bonchev–Trinajstić information content (AvgIpc) is 3.42. The van der Waals surface area contributed by atoms with Crippen LogP contribution in [-0.2, 0) is 42.3 Å². The van der Waals surface area contributed by atoms with Gasteiger partial charge in [0.05, 0.1) is 34.7 Å². The molecule has 1 aromatic heterocycles. The molecule has 0 bridgehead atoms. The highest BCUT2D eigenvalue weighted by Crippen LogP contribution is 2.38. The number of aryl methyl sites for hydroxylation is 1. The summed E-state index contributed by atoms with van der Waals surface area (Å²) in [6, 6.07) is 9.36. The summed E-state index contributed by atoms with van der Waals surface area (Å²) in [5.41, 5.74) is 1.38. The minimum Gasteiger partial charge on any atom is -0.408 e. The van der Waals surface area contributed by atoms with Crippen LogP contribution in [0.25, 0.3) is 11.1 Å². The lowest BCUT2D eigenvalue weighted by Crippen LogP contribution is -2.49. The number of aromatic nitrogens is 1. The number of methoxy groups -OCH3 is 1. The smallest absolute Gasteiger partial charge is 0.408 e. The zero-order valence-corrected chi connectivity index (χ0v) is 21.1. The summed E-state index contributed by atoms with van der Waals surface area (Å²) in [4.78, 5) is 29.4. The van der Waals surface area contributed by atoms with Gasteiger partial charge in [0.25, 0.3) is 0 Å². The van der Waals surface area contributed by atoms with E-state index in [1.165, 1.54) is 11.7 Å². The van der Waals surface area contributed by atoms with Crippen LogP contribution in [0.15, 0.2) is 39.5 Å². The van der Waals surface area contributed by atoms with E-state index < -0.39 is 22.9 Å². The van der Waals surface area contributed by atoms with Gasteiger partial charge in [-0.3, -0.25) is 14.3 Å². The van der Waals surface area contributed by atoms with Crippen molar-refractivity contribution in [2.45, 2.75) is 32.1 Å². The van der Waals surface area contributed by atoms with Crippen LogP contribution in [0.3, 0.4) is 0 Å². The molecule has 1 atom stereocenters. The molecule has 1 fully saturated rings. The molecular weight excluding hydrogens is 501 g/mol. The second-order valence-electron chi connectivity index (χ2n) is 10.2. The maximum Gasteiger partial charge on any atom is 0.419 e. The third-order valence-electron chi connectivity index (χ3n) is 7.64. The van der Waals surface area contributed by atoms with Crippen molar-refractivity contribution in [2.75, 3.05) is 33.4 Å². The van der Waals surface area contributed by atoms with Crippen molar-refractivity contribution >= 4 is 17.0 Å². The summed E-state index contributed by atoms with van der Waals surface area (Å²) in [7, 11) is 3.18. The van der Waals surface area contributed by atoms with Crippen LogP contribution in [-0.4, -0.2) is 53.6 Å². The minimum atomic E-state index is -4.58. The molecular formula is C27H27F3N4O4. The molecule has 0 saturated carbocycles. The highest BCUT2D eigenvalue weighted by Gasteiger charge is 2.47. The lowest BCUT2D eigenvalue weighted by molar-refractivity contribution is -0.145. The number of rotatable bonds is 5. The van der Waals surface area contributed by atoms with Crippen LogP contribution in [0.1, 0.15) is 34.2 Å². The summed E-state index contributed by atoms with van der Waals surface area (Å²) >= 11 is 0. The van der Waals surface area contributed by atoms with E-state index in [9.17, 15) is 28.0 Å². The van der Waals surface area contributed by atoms with Crippen LogP contribution in [0, 0.1) is 16.7 Å². The lowest BCUT2D eigenvalue weighted by atomic mass is 9.84. The van der Waals surface area contributed by atoms with Crippen molar-refractivity contribution in [3.05, 3.63) is 68.7 Å². The standard InChI is InChI=1S/C27H27F3N4O4/c1-32-22-9-17(3-4-23(22)38-25(32)36)13-33-8-6-26(15-33,16-37-2)24(35)34-7-5-21-18(12-31)10-20(27(28,29)30)11-19(21)14-34/h3-4,9-11H,5-8,13-16H2,1-2H3. The number of likely N-dealkylation sites (tertiary alicyclic amines) is 1. The Bertz CT molecular complexity index is 1500. The SMILES string of the molecule is COCC1(C(=O)N2CCc3c(C#N)cc(C(F)(F)F)cc3C2)CCN(Cc2ccc3oc(=O)n(C)c3c2)C1. The molecule has 0 aliphatic carbocycles. The van der Waals surface area contributed by atoms with Crippen molar-refractivity contribution in [3.63, 3.8) is 0 Å². The number of carbonyl (C=O) groups excluding carboxylic acids is 1. The number of fused-ring (bicyclic) bond motifs is 2. The zero-order valence-electron chi connectivity index (χ0n) is 21.1. The van der Waals surface area contributed by atoms with E-state index >= 15 is 0 Å². The predicted octanol–water partition coefficient (Wildman–Crippen LogP) is 3.45. The van der Waals surface area contributed by atoms with Gasteiger partial charge in [-0.25, -0.2) is 4.79 Å². The van der Waals surface area contributed by atoms with Crippen LogP contribution in [0.5, 0.6) is 0 Å². The normalized spacial score (nSPS) is 20.1. The van der Waals surface area contributed by atoms with Gasteiger partial charge >= 0.3 is 11.9 Å². The summed E-state index contributed by atoms with van der Waals surface area (Å²) in [6.45, 7) is 2.15. The number of carbonyl (C=O) groups is 1. The number of hydrogen-bond acceptors (Lipinski definition) is 6. The van der Waals surface area contributed by atoms with Crippen molar-refractivity contribution in [2.24, 2.45) is 12.5 Å². The molecule has 2 aliphatic heterocycles. The highest BCUT2D eigenvalue weighted by atomic mass is 19.4. The maximum atomic E-state index is 13.9. The molecule has 38 heavy (non-hydrogen) atoms. The Labute approximate surface area is 216 Å². The molecule has 0 N–H and O–H groups in total. The quantitative estimate of drug-likeness (QED) is 0.504. The Hall–Kier alpha value is -3.62. The largest absolute Gasteiger partial charge is 0.419 e. The Morgan fingerprint density at radius 3 is 2.74 bits per heavy atom. The van der Waals surface area contributed by atoms with Gasteiger partial charge in [-0.15, -0.1) is 0 Å². The fourth-order valence-electron chi connectivity index (χ4n) is 5.72. The fraction of sp³-hybridized carbons (Fsp3) is 0.444. The Morgan fingerprint density at radius 2 is 2.03 bits per heavy atom. The van der Waals surface area contributed by atoms with E-state index in [1.807, 2.05) is 18.2 Å². The molecule has 5 rings (SSSR count). The number of nitriles is 1. The van der Waals surface area contributed by atoms with E-state index in [0.29, 0.717) is 61.2 Å². The Balaban J connectivity index is 1.36. The summed E-state index contributed by atoms with van der Waals surface area (Å²) < 4.78 is 52.4. The maximum absolute atomic E-state index is 13.9. The van der Waals surface area contributed by atoms with Crippen molar-refractivity contribution in [1.82, 2.24) is 14.4 Å². The van der Waals surface area contributed by atoms with E-state index in [-0.39, 0.29) is 24.6 Å². The lowest BCUT2D eigenvalue weighted by Gasteiger charge is -2.37. The van der Waals surface area contributed by atoms with Gasteiger partial charge in [-0.1, -0.05) is 6.07 Å². The molecule has 1 saturated heterocycles. The summed E-state index contributed by atoms with van der Waals surface area (Å²) in [5.74, 6) is -0.591. The first-order chi connectivity index (χ1) is 18.0. The minimum absolute atomic E-state index is 0.00709. The number of amides is 1. The third kappa shape index (κ3) is 4.59. The van der Waals surface area contributed by atoms with Gasteiger partial charge < -0.3 is 14.1 Å². The Morgan fingerprint density at radius 1 is 1.24 bits per heavy atom. The molecule has 8 nitrogen and oxygen atoms in total. The molecule has 11 heteroatoms. The predicted molar refractivity (Wildman–Crippen MR) is 131 cm³/mol. The first kappa shape index (κ1) is 26.0. The van der Waals surface area contributed by atoms with E-state index in [2.05, 4.69) is 4.90 Å². The number of benzene rings is 2. The number of hydrogen-bond donors (Lipinski definition) is 0. The molecule has 0 spiro atoms. The van der Waals surface area contributed by atoms with E-state index in [0.717, 1.165) is 17.7 Å². The molecule has 1 amide bonds. The van der Waals surface area contributed by atoms with Gasteiger partial charge in [-0.2, -0.15) is 18.4 Å².